The van der Waals surface area contributed by atoms with Crippen LogP contribution in [0.1, 0.15) is 18.7 Å². The molecule has 8 nitrogen and oxygen atoms in total. The average molecular weight is 352 g/mol. The smallest absolute Gasteiger partial charge is 0.316 e. The lowest BCUT2D eigenvalue weighted by Gasteiger charge is -2.34. The maximum Gasteiger partial charge on any atom is 0.316 e. The molecule has 4 rings (SSSR count). The molecule has 26 heavy (non-hydrogen) atoms. The second-order valence-corrected chi connectivity index (χ2v) is 6.28. The van der Waals surface area contributed by atoms with E-state index in [9.17, 15) is 9.59 Å². The fourth-order valence-corrected chi connectivity index (χ4v) is 3.10. The zero-order valence-electron chi connectivity index (χ0n) is 14.0. The van der Waals surface area contributed by atoms with Gasteiger partial charge in [-0.05, 0) is 30.4 Å². The number of fused-ring (bicyclic) bond motifs is 1. The number of hydrogen-bond acceptors (Lipinski definition) is 8. The van der Waals surface area contributed by atoms with Crippen molar-refractivity contribution < 1.29 is 18.8 Å². The van der Waals surface area contributed by atoms with Crippen LogP contribution in [0.4, 0.5) is 5.82 Å². The van der Waals surface area contributed by atoms with Crippen molar-refractivity contribution in [3.8, 4) is 11.4 Å². The molecule has 1 aliphatic carbocycles. The Morgan fingerprint density at radius 3 is 2.92 bits per heavy atom. The fourth-order valence-electron chi connectivity index (χ4n) is 3.10. The number of nitrogens with one attached hydrogen (secondary N) is 1. The van der Waals surface area contributed by atoms with Gasteiger partial charge in [-0.25, -0.2) is 4.98 Å². The molecule has 132 valence electrons. The zero-order chi connectivity index (χ0) is 18.1. The topological polar surface area (TPSA) is 107 Å². The van der Waals surface area contributed by atoms with Crippen LogP contribution in [-0.2, 0) is 14.3 Å². The molecule has 0 unspecified atom stereocenters. The normalized spacial score (nSPS) is 19.0. The number of rotatable bonds is 5. The third-order valence-corrected chi connectivity index (χ3v) is 4.53. The van der Waals surface area contributed by atoms with E-state index < -0.39 is 5.97 Å². The molecule has 0 amide bonds. The number of aromatic nitrogens is 3. The van der Waals surface area contributed by atoms with E-state index >= 15 is 0 Å². The lowest BCUT2D eigenvalue weighted by atomic mass is 9.80. The number of nitrogens with zero attached hydrogens (tertiary/aromatic N) is 3. The van der Waals surface area contributed by atoms with E-state index in [1.807, 2.05) is 24.3 Å². The van der Waals surface area contributed by atoms with Gasteiger partial charge >= 0.3 is 12.4 Å². The molecule has 1 fully saturated rings. The summed E-state index contributed by atoms with van der Waals surface area (Å²) in [4.78, 5) is 30.4. The van der Waals surface area contributed by atoms with Crippen LogP contribution in [0.3, 0.4) is 0 Å². The number of esters is 1. The van der Waals surface area contributed by atoms with Crippen molar-refractivity contribution in [2.75, 3.05) is 5.32 Å². The highest BCUT2D eigenvalue weighted by molar-refractivity contribution is 5.94. The number of benzene rings is 1. The van der Waals surface area contributed by atoms with Crippen LogP contribution < -0.4 is 5.32 Å². The summed E-state index contributed by atoms with van der Waals surface area (Å²) < 4.78 is 9.44. The summed E-state index contributed by atoms with van der Waals surface area (Å²) in [5, 5.41) is 9.28. The third kappa shape index (κ3) is 3.01. The van der Waals surface area contributed by atoms with Gasteiger partial charge < -0.3 is 14.6 Å². The van der Waals surface area contributed by atoms with Crippen LogP contribution >= 0.6 is 0 Å². The van der Waals surface area contributed by atoms with Crippen molar-refractivity contribution in [3.05, 3.63) is 36.4 Å². The molecule has 1 N–H and O–H groups in total. The maximum absolute atomic E-state index is 11.5. The Balaban J connectivity index is 1.56. The third-order valence-electron chi connectivity index (χ3n) is 4.53. The average Bonchev–Trinajstić information content (AvgIpc) is 3.04. The first-order valence-electron chi connectivity index (χ1n) is 8.24. The first-order valence-corrected chi connectivity index (χ1v) is 8.24. The molecule has 1 aliphatic rings. The Morgan fingerprint density at radius 2 is 2.19 bits per heavy atom. The minimum Gasteiger partial charge on any atom is -0.395 e. The largest absolute Gasteiger partial charge is 0.395 e. The SMILES string of the molecule is Cc1nc(-c2ccc3ccnc(NC4CC(C(=O)OC=O)C4)c3c2)no1. The van der Waals surface area contributed by atoms with Gasteiger partial charge in [0, 0.05) is 30.1 Å². The van der Waals surface area contributed by atoms with Crippen LogP contribution in [-0.4, -0.2) is 33.6 Å². The van der Waals surface area contributed by atoms with Crippen LogP contribution in [0.15, 0.2) is 35.0 Å². The molecule has 8 heteroatoms. The minimum atomic E-state index is -0.473. The summed E-state index contributed by atoms with van der Waals surface area (Å²) >= 11 is 0. The second-order valence-electron chi connectivity index (χ2n) is 6.28. The van der Waals surface area contributed by atoms with Gasteiger partial charge in [-0.2, -0.15) is 4.98 Å². The fraction of sp³-hybridized carbons (Fsp3) is 0.278. The molecule has 1 aromatic carbocycles. The molecule has 0 spiro atoms. The molecular formula is C18H16N4O4. The highest BCUT2D eigenvalue weighted by Crippen LogP contribution is 2.33. The minimum absolute atomic E-state index is 0.105. The van der Waals surface area contributed by atoms with Gasteiger partial charge in [0.2, 0.25) is 11.7 Å². The Morgan fingerprint density at radius 1 is 1.35 bits per heavy atom. The van der Waals surface area contributed by atoms with Crippen molar-refractivity contribution >= 4 is 29.0 Å². The van der Waals surface area contributed by atoms with Crippen LogP contribution in [0.2, 0.25) is 0 Å². The van der Waals surface area contributed by atoms with Gasteiger partial charge in [0.05, 0.1) is 5.92 Å². The lowest BCUT2D eigenvalue weighted by molar-refractivity contribution is -0.157. The molecule has 0 saturated heterocycles. The van der Waals surface area contributed by atoms with E-state index in [1.165, 1.54) is 0 Å². The number of ether oxygens (including phenoxy) is 1. The summed E-state index contributed by atoms with van der Waals surface area (Å²) in [6.07, 6.45) is 2.95. The summed E-state index contributed by atoms with van der Waals surface area (Å²) in [6.45, 7) is 1.92. The van der Waals surface area contributed by atoms with Crippen molar-refractivity contribution in [2.24, 2.45) is 5.92 Å². The van der Waals surface area contributed by atoms with E-state index in [0.29, 0.717) is 24.6 Å². The van der Waals surface area contributed by atoms with E-state index in [4.69, 9.17) is 4.52 Å². The number of pyridine rings is 1. The highest BCUT2D eigenvalue weighted by Gasteiger charge is 2.36. The molecule has 2 heterocycles. The van der Waals surface area contributed by atoms with Crippen LogP contribution in [0.25, 0.3) is 22.2 Å². The Labute approximate surface area is 148 Å². The van der Waals surface area contributed by atoms with Gasteiger partial charge in [0.25, 0.3) is 0 Å². The predicted octanol–water partition coefficient (Wildman–Crippen LogP) is 2.48. The highest BCUT2D eigenvalue weighted by atomic mass is 16.6. The summed E-state index contributed by atoms with van der Waals surface area (Å²) in [7, 11) is 0. The van der Waals surface area contributed by atoms with Crippen molar-refractivity contribution in [1.29, 1.82) is 0 Å². The summed E-state index contributed by atoms with van der Waals surface area (Å²) in [5.41, 5.74) is 0.839. The Kier molecular flexibility index (Phi) is 4.08. The summed E-state index contributed by atoms with van der Waals surface area (Å²) in [6, 6.07) is 7.91. The van der Waals surface area contributed by atoms with Gasteiger partial charge in [0.15, 0.2) is 0 Å². The van der Waals surface area contributed by atoms with Gasteiger partial charge in [0.1, 0.15) is 5.82 Å². The Bertz CT molecular complexity index is 978. The van der Waals surface area contributed by atoms with E-state index in [-0.39, 0.29) is 18.4 Å². The maximum atomic E-state index is 11.5. The molecular weight excluding hydrogens is 336 g/mol. The van der Waals surface area contributed by atoms with E-state index in [1.54, 1.807) is 13.1 Å². The number of aryl methyl sites for hydroxylation is 1. The Hall–Kier alpha value is -3.29. The lowest BCUT2D eigenvalue weighted by Crippen LogP contribution is -2.40. The van der Waals surface area contributed by atoms with Crippen LogP contribution in [0.5, 0.6) is 0 Å². The predicted molar refractivity (Wildman–Crippen MR) is 92.1 cm³/mol. The van der Waals surface area contributed by atoms with Gasteiger partial charge in [-0.3, -0.25) is 9.59 Å². The molecule has 0 bridgehead atoms. The molecule has 1 saturated carbocycles. The quantitative estimate of drug-likeness (QED) is 0.424. The first-order chi connectivity index (χ1) is 12.6. The monoisotopic (exact) mass is 352 g/mol. The molecule has 3 aromatic rings. The second kappa shape index (κ2) is 6.55. The summed E-state index contributed by atoms with van der Waals surface area (Å²) in [5.74, 6) is 1.05. The molecule has 2 aromatic heterocycles. The zero-order valence-corrected chi connectivity index (χ0v) is 14.0. The van der Waals surface area contributed by atoms with E-state index in [2.05, 4.69) is 25.2 Å². The molecule has 0 aliphatic heterocycles. The number of anilines is 1. The number of carbonyl (C=O) groups is 2. The molecule has 0 atom stereocenters. The number of hydrogen-bond donors (Lipinski definition) is 1. The standard InChI is InChI=1S/C18H16N4O4/c1-10-20-16(22-26-10)12-3-2-11-4-5-19-17(15(11)8-12)21-14-6-13(7-14)18(24)25-9-23/h2-5,8-9,13-14H,6-7H2,1H3,(H,19,21). The van der Waals surface area contributed by atoms with Gasteiger partial charge in [-0.1, -0.05) is 17.3 Å². The first kappa shape index (κ1) is 16.2. The van der Waals surface area contributed by atoms with Crippen molar-refractivity contribution in [3.63, 3.8) is 0 Å². The van der Waals surface area contributed by atoms with Gasteiger partial charge in [-0.15, -0.1) is 0 Å². The van der Waals surface area contributed by atoms with Crippen LogP contribution in [0, 0.1) is 12.8 Å². The molecule has 0 radical (unpaired) electrons. The van der Waals surface area contributed by atoms with E-state index in [0.717, 1.165) is 22.2 Å². The van der Waals surface area contributed by atoms with Crippen molar-refractivity contribution in [1.82, 2.24) is 15.1 Å². The van der Waals surface area contributed by atoms with Crippen molar-refractivity contribution in [2.45, 2.75) is 25.8 Å². The number of carbonyl (C=O) groups excluding carboxylic acids is 2.